The highest BCUT2D eigenvalue weighted by atomic mass is 16.5. The third kappa shape index (κ3) is 2.65. The Hall–Kier alpha value is -1.38. The van der Waals surface area contributed by atoms with Crippen LogP contribution >= 0.6 is 0 Å². The minimum Gasteiger partial charge on any atom is -0.390 e. The van der Waals surface area contributed by atoms with Crippen molar-refractivity contribution < 1.29 is 9.84 Å². The first-order valence-electron chi connectivity index (χ1n) is 6.97. The van der Waals surface area contributed by atoms with Crippen molar-refractivity contribution >= 4 is 10.8 Å². The number of aliphatic hydroxyl groups is 1. The van der Waals surface area contributed by atoms with Gasteiger partial charge in [0.15, 0.2) is 0 Å². The second-order valence-corrected chi connectivity index (χ2v) is 5.45. The molecule has 2 unspecified atom stereocenters. The molecule has 2 heteroatoms. The second-order valence-electron chi connectivity index (χ2n) is 5.45. The number of fused-ring (bicyclic) bond motifs is 1. The Bertz CT molecular complexity index is 555. The predicted molar refractivity (Wildman–Crippen MR) is 77.2 cm³/mol. The molecule has 1 N–H and O–H groups in total. The van der Waals surface area contributed by atoms with Gasteiger partial charge in [0, 0.05) is 13.5 Å². The third-order valence-corrected chi connectivity index (χ3v) is 4.05. The number of aliphatic hydroxyl groups excluding tert-OH is 1. The summed E-state index contributed by atoms with van der Waals surface area (Å²) in [5.74, 6) is 0.551. The Morgan fingerprint density at radius 2 is 1.89 bits per heavy atom. The van der Waals surface area contributed by atoms with Crippen molar-refractivity contribution in [2.45, 2.75) is 31.5 Å². The Balaban J connectivity index is 1.84. The molecule has 2 aromatic carbocycles. The van der Waals surface area contributed by atoms with E-state index in [1.54, 1.807) is 7.11 Å². The minimum absolute atomic E-state index is 0.0148. The second kappa shape index (κ2) is 5.32. The number of hydrogen-bond acceptors (Lipinski definition) is 2. The van der Waals surface area contributed by atoms with Crippen molar-refractivity contribution in [3.05, 3.63) is 48.0 Å². The molecule has 2 atom stereocenters. The van der Waals surface area contributed by atoms with E-state index >= 15 is 0 Å². The van der Waals surface area contributed by atoms with Crippen LogP contribution in [-0.4, -0.2) is 24.4 Å². The summed E-state index contributed by atoms with van der Waals surface area (Å²) in [5, 5.41) is 12.9. The van der Waals surface area contributed by atoms with Crippen LogP contribution in [0.15, 0.2) is 42.5 Å². The van der Waals surface area contributed by atoms with Crippen LogP contribution in [0.4, 0.5) is 0 Å². The highest BCUT2D eigenvalue weighted by Crippen LogP contribution is 2.36. The molecule has 2 aromatic rings. The van der Waals surface area contributed by atoms with Gasteiger partial charge in [-0.15, -0.1) is 0 Å². The van der Waals surface area contributed by atoms with Gasteiger partial charge in [-0.3, -0.25) is 0 Å². The molecule has 0 spiro atoms. The van der Waals surface area contributed by atoms with E-state index < -0.39 is 6.10 Å². The van der Waals surface area contributed by atoms with Crippen molar-refractivity contribution in [3.63, 3.8) is 0 Å². The molecule has 0 radical (unpaired) electrons. The van der Waals surface area contributed by atoms with Gasteiger partial charge in [0.05, 0.1) is 12.2 Å². The van der Waals surface area contributed by atoms with Crippen LogP contribution in [0.25, 0.3) is 10.8 Å². The Morgan fingerprint density at radius 1 is 1.16 bits per heavy atom. The van der Waals surface area contributed by atoms with Gasteiger partial charge in [0.2, 0.25) is 0 Å². The van der Waals surface area contributed by atoms with E-state index in [1.165, 1.54) is 29.2 Å². The highest BCUT2D eigenvalue weighted by molar-refractivity contribution is 5.85. The van der Waals surface area contributed by atoms with E-state index in [0.717, 1.165) is 0 Å². The molecule has 100 valence electrons. The molecule has 1 fully saturated rings. The lowest BCUT2D eigenvalue weighted by molar-refractivity contribution is -0.0236. The smallest absolute Gasteiger partial charge is 0.0861 e. The average molecular weight is 256 g/mol. The first-order valence-corrected chi connectivity index (χ1v) is 6.97. The van der Waals surface area contributed by atoms with Crippen molar-refractivity contribution in [2.24, 2.45) is 5.92 Å². The summed E-state index contributed by atoms with van der Waals surface area (Å²) in [6.45, 7) is 0. The number of methoxy groups -OCH3 is 1. The lowest BCUT2D eigenvalue weighted by Gasteiger charge is -2.22. The molecule has 0 aliphatic heterocycles. The normalized spacial score (nSPS) is 18.4. The largest absolute Gasteiger partial charge is 0.390 e. The molecule has 0 aromatic heterocycles. The standard InChI is InChI=1S/C17H20O2/c1-19-17(13-9-10-13)16(18)11-14-7-4-6-12-5-2-3-8-15(12)14/h2-8,13,16-18H,9-11H2,1H3. The molecule has 0 saturated heterocycles. The maximum Gasteiger partial charge on any atom is 0.0861 e. The lowest BCUT2D eigenvalue weighted by Crippen LogP contribution is -2.31. The number of hydrogen-bond donors (Lipinski definition) is 1. The maximum atomic E-state index is 10.4. The SMILES string of the molecule is COC(C(O)Cc1cccc2ccccc12)C1CC1. The van der Waals surface area contributed by atoms with E-state index in [0.29, 0.717) is 12.3 Å². The van der Waals surface area contributed by atoms with E-state index in [2.05, 4.69) is 30.3 Å². The van der Waals surface area contributed by atoms with Crippen LogP contribution in [-0.2, 0) is 11.2 Å². The van der Waals surface area contributed by atoms with Gasteiger partial charge < -0.3 is 9.84 Å². The highest BCUT2D eigenvalue weighted by Gasteiger charge is 2.36. The van der Waals surface area contributed by atoms with Gasteiger partial charge in [-0.05, 0) is 35.1 Å². The fourth-order valence-electron chi connectivity index (χ4n) is 2.90. The maximum absolute atomic E-state index is 10.4. The fourth-order valence-corrected chi connectivity index (χ4v) is 2.90. The quantitative estimate of drug-likeness (QED) is 0.890. The molecule has 0 amide bonds. The Kier molecular flexibility index (Phi) is 3.54. The zero-order valence-electron chi connectivity index (χ0n) is 11.3. The summed E-state index contributed by atoms with van der Waals surface area (Å²) in [4.78, 5) is 0. The summed E-state index contributed by atoms with van der Waals surface area (Å²) < 4.78 is 5.47. The molecular formula is C17H20O2. The van der Waals surface area contributed by atoms with Crippen molar-refractivity contribution in [3.8, 4) is 0 Å². The van der Waals surface area contributed by atoms with Gasteiger partial charge >= 0.3 is 0 Å². The topological polar surface area (TPSA) is 29.5 Å². The molecule has 0 bridgehead atoms. The molecular weight excluding hydrogens is 236 g/mol. The molecule has 1 saturated carbocycles. The van der Waals surface area contributed by atoms with Crippen LogP contribution in [0, 0.1) is 5.92 Å². The Morgan fingerprint density at radius 3 is 2.63 bits per heavy atom. The molecule has 1 aliphatic carbocycles. The summed E-state index contributed by atoms with van der Waals surface area (Å²) in [6, 6.07) is 14.6. The molecule has 1 aliphatic rings. The van der Waals surface area contributed by atoms with Crippen LogP contribution in [0.2, 0.25) is 0 Å². The summed E-state index contributed by atoms with van der Waals surface area (Å²) in [5.41, 5.74) is 1.20. The first kappa shape index (κ1) is 12.6. The van der Waals surface area contributed by atoms with E-state index in [-0.39, 0.29) is 6.10 Å². The first-order chi connectivity index (χ1) is 9.29. The van der Waals surface area contributed by atoms with E-state index in [1.807, 2.05) is 12.1 Å². The minimum atomic E-state index is -0.414. The summed E-state index contributed by atoms with van der Waals surface area (Å²) in [6.07, 6.45) is 2.61. The zero-order valence-corrected chi connectivity index (χ0v) is 11.3. The van der Waals surface area contributed by atoms with Crippen LogP contribution in [0.5, 0.6) is 0 Å². The fraction of sp³-hybridized carbons (Fsp3) is 0.412. The average Bonchev–Trinajstić information content (AvgIpc) is 3.25. The van der Waals surface area contributed by atoms with E-state index in [9.17, 15) is 5.11 Å². The van der Waals surface area contributed by atoms with Crippen molar-refractivity contribution in [1.29, 1.82) is 0 Å². The van der Waals surface area contributed by atoms with Crippen LogP contribution in [0.3, 0.4) is 0 Å². The monoisotopic (exact) mass is 256 g/mol. The van der Waals surface area contributed by atoms with Crippen LogP contribution < -0.4 is 0 Å². The van der Waals surface area contributed by atoms with Gasteiger partial charge in [-0.2, -0.15) is 0 Å². The van der Waals surface area contributed by atoms with Crippen molar-refractivity contribution in [1.82, 2.24) is 0 Å². The van der Waals surface area contributed by atoms with Gasteiger partial charge in [-0.1, -0.05) is 42.5 Å². The Labute approximate surface area is 114 Å². The summed E-state index contributed by atoms with van der Waals surface area (Å²) >= 11 is 0. The number of ether oxygens (including phenoxy) is 1. The molecule has 19 heavy (non-hydrogen) atoms. The lowest BCUT2D eigenvalue weighted by atomic mass is 9.96. The molecule has 2 nitrogen and oxygen atoms in total. The van der Waals surface area contributed by atoms with Crippen LogP contribution in [0.1, 0.15) is 18.4 Å². The summed E-state index contributed by atoms with van der Waals surface area (Å²) in [7, 11) is 1.70. The predicted octanol–water partition coefficient (Wildman–Crippen LogP) is 3.17. The van der Waals surface area contributed by atoms with Crippen molar-refractivity contribution in [2.75, 3.05) is 7.11 Å². The van der Waals surface area contributed by atoms with Gasteiger partial charge in [-0.25, -0.2) is 0 Å². The third-order valence-electron chi connectivity index (χ3n) is 4.05. The zero-order chi connectivity index (χ0) is 13.2. The van der Waals surface area contributed by atoms with Gasteiger partial charge in [0.25, 0.3) is 0 Å². The number of benzene rings is 2. The van der Waals surface area contributed by atoms with Gasteiger partial charge in [0.1, 0.15) is 0 Å². The van der Waals surface area contributed by atoms with E-state index in [4.69, 9.17) is 4.74 Å². The molecule has 0 heterocycles. The molecule has 3 rings (SSSR count). The number of rotatable bonds is 5.